The third-order valence-corrected chi connectivity index (χ3v) is 9.26. The molecule has 2 saturated heterocycles. The van der Waals surface area contributed by atoms with Crippen molar-refractivity contribution in [2.24, 2.45) is 47.3 Å². The number of esters is 1. The molecule has 5 fully saturated rings. The molecule has 3 amide bonds. The van der Waals surface area contributed by atoms with Crippen LogP contribution in [0.4, 0.5) is 5.69 Å². The highest BCUT2D eigenvalue weighted by molar-refractivity contribution is 6.08. The summed E-state index contributed by atoms with van der Waals surface area (Å²) in [6.45, 7) is -0.131. The number of carbonyl (C=O) groups is 4. The third kappa shape index (κ3) is 2.54. The number of likely N-dealkylation sites (tertiary alicyclic amines) is 1. The summed E-state index contributed by atoms with van der Waals surface area (Å²) >= 11 is 0. The summed E-state index contributed by atoms with van der Waals surface area (Å²) in [5.74, 6) is -1.37. The molecule has 4 aliphatic carbocycles. The number of fused-ring (bicyclic) bond motifs is 6. The quantitative estimate of drug-likeness (QED) is 0.378. The smallest absolute Gasteiger partial charge is 0.310 e. The minimum atomic E-state index is -0.483. The van der Waals surface area contributed by atoms with Crippen molar-refractivity contribution in [3.05, 3.63) is 36.4 Å². The monoisotopic (exact) mass is 462 g/mol. The maximum absolute atomic E-state index is 14.0. The van der Waals surface area contributed by atoms with E-state index in [4.69, 9.17) is 9.47 Å². The van der Waals surface area contributed by atoms with Gasteiger partial charge < -0.3 is 9.47 Å². The zero-order valence-electron chi connectivity index (χ0n) is 18.8. The van der Waals surface area contributed by atoms with Gasteiger partial charge in [-0.3, -0.25) is 29.0 Å². The van der Waals surface area contributed by atoms with Gasteiger partial charge in [-0.2, -0.15) is 0 Å². The molecule has 8 heteroatoms. The van der Waals surface area contributed by atoms with Crippen LogP contribution in [-0.2, 0) is 23.9 Å². The van der Waals surface area contributed by atoms with Crippen LogP contribution in [0.5, 0.6) is 5.75 Å². The first-order valence-electron chi connectivity index (χ1n) is 12.2. The van der Waals surface area contributed by atoms with Gasteiger partial charge in [-0.25, -0.2) is 0 Å². The minimum absolute atomic E-state index is 0.0647. The number of imide groups is 1. The van der Waals surface area contributed by atoms with Crippen LogP contribution in [0.1, 0.15) is 19.3 Å². The lowest BCUT2D eigenvalue weighted by atomic mass is 9.79. The van der Waals surface area contributed by atoms with E-state index in [0.717, 1.165) is 12.8 Å². The van der Waals surface area contributed by atoms with Crippen molar-refractivity contribution >= 4 is 29.4 Å². The Morgan fingerprint density at radius 3 is 2.32 bits per heavy atom. The lowest BCUT2D eigenvalue weighted by Gasteiger charge is -2.33. The van der Waals surface area contributed by atoms with Gasteiger partial charge in [0.1, 0.15) is 18.5 Å². The number of amides is 3. The molecule has 0 radical (unpaired) electrons. The summed E-state index contributed by atoms with van der Waals surface area (Å²) < 4.78 is 10.8. The average Bonchev–Trinajstić information content (AvgIpc) is 3.66. The lowest BCUT2D eigenvalue weighted by molar-refractivity contribution is -0.146. The van der Waals surface area contributed by atoms with Crippen molar-refractivity contribution in [2.75, 3.05) is 18.7 Å². The number of rotatable bonds is 5. The molecule has 4 bridgehead atoms. The molecule has 6 aliphatic rings. The van der Waals surface area contributed by atoms with Gasteiger partial charge in [0.15, 0.2) is 0 Å². The van der Waals surface area contributed by atoms with E-state index < -0.39 is 11.8 Å². The number of hydrogen-bond acceptors (Lipinski definition) is 6. The average molecular weight is 463 g/mol. The van der Waals surface area contributed by atoms with Crippen LogP contribution in [-0.4, -0.2) is 48.5 Å². The zero-order valence-corrected chi connectivity index (χ0v) is 18.8. The van der Waals surface area contributed by atoms with Crippen molar-refractivity contribution < 1.29 is 28.7 Å². The van der Waals surface area contributed by atoms with Gasteiger partial charge in [0.2, 0.25) is 17.7 Å². The van der Waals surface area contributed by atoms with E-state index in [1.165, 1.54) is 9.80 Å². The summed E-state index contributed by atoms with van der Waals surface area (Å²) in [6.07, 6.45) is 6.44. The molecule has 0 unspecified atom stereocenters. The molecule has 0 spiro atoms. The second-order valence-corrected chi connectivity index (χ2v) is 10.6. The number of benzene rings is 1. The van der Waals surface area contributed by atoms with Crippen molar-refractivity contribution in [2.45, 2.75) is 25.4 Å². The molecule has 2 heterocycles. The molecule has 34 heavy (non-hydrogen) atoms. The number of hydrogen-bond donors (Lipinski definition) is 0. The van der Waals surface area contributed by atoms with Gasteiger partial charge in [-0.15, -0.1) is 0 Å². The molecule has 176 valence electrons. The van der Waals surface area contributed by atoms with E-state index in [-0.39, 0.29) is 72.0 Å². The maximum Gasteiger partial charge on any atom is 0.310 e. The van der Waals surface area contributed by atoms with E-state index in [2.05, 4.69) is 12.2 Å². The van der Waals surface area contributed by atoms with Crippen LogP contribution >= 0.6 is 0 Å². The highest BCUT2D eigenvalue weighted by Crippen LogP contribution is 2.58. The maximum atomic E-state index is 14.0. The van der Waals surface area contributed by atoms with Gasteiger partial charge >= 0.3 is 5.97 Å². The van der Waals surface area contributed by atoms with Crippen molar-refractivity contribution in [1.82, 2.24) is 4.90 Å². The van der Waals surface area contributed by atoms with Gasteiger partial charge in [0.05, 0.1) is 30.8 Å². The summed E-state index contributed by atoms with van der Waals surface area (Å²) in [7, 11) is 1.57. The fraction of sp³-hybridized carbons (Fsp3) is 0.538. The molecule has 2 aliphatic heterocycles. The normalized spacial score (nSPS) is 40.3. The molecule has 1 aromatic rings. The lowest BCUT2D eigenvalue weighted by Crippen LogP contribution is -2.49. The number of ether oxygens (including phenoxy) is 2. The Morgan fingerprint density at radius 1 is 1.00 bits per heavy atom. The van der Waals surface area contributed by atoms with Gasteiger partial charge in [0.25, 0.3) is 0 Å². The van der Waals surface area contributed by atoms with Crippen LogP contribution in [0.25, 0.3) is 0 Å². The van der Waals surface area contributed by atoms with E-state index in [1.807, 2.05) is 0 Å². The highest BCUT2D eigenvalue weighted by atomic mass is 16.6. The predicted octanol–water partition coefficient (Wildman–Crippen LogP) is 1.99. The molecule has 9 atom stereocenters. The Bertz CT molecular complexity index is 1110. The van der Waals surface area contributed by atoms with Crippen molar-refractivity contribution in [3.8, 4) is 5.75 Å². The van der Waals surface area contributed by atoms with Crippen molar-refractivity contribution in [1.29, 1.82) is 0 Å². The number of carbonyl (C=O) groups excluding carboxylic acids is 4. The van der Waals surface area contributed by atoms with Gasteiger partial charge in [0, 0.05) is 11.6 Å². The van der Waals surface area contributed by atoms with Gasteiger partial charge in [-0.05, 0) is 61.3 Å². The Kier molecular flexibility index (Phi) is 4.12. The highest BCUT2D eigenvalue weighted by Gasteiger charge is 2.65. The number of nitrogens with zero attached hydrogens (tertiary/aromatic N) is 2. The van der Waals surface area contributed by atoms with Crippen LogP contribution in [0, 0.1) is 47.3 Å². The fourth-order valence-corrected chi connectivity index (χ4v) is 7.81. The van der Waals surface area contributed by atoms with Crippen molar-refractivity contribution in [3.63, 3.8) is 0 Å². The topological polar surface area (TPSA) is 93.2 Å². The number of anilines is 1. The van der Waals surface area contributed by atoms with Crippen LogP contribution in [0.15, 0.2) is 36.4 Å². The Hall–Kier alpha value is -3.16. The first-order valence-corrected chi connectivity index (χ1v) is 12.2. The molecule has 8 nitrogen and oxygen atoms in total. The second kappa shape index (κ2) is 6.93. The van der Waals surface area contributed by atoms with Crippen LogP contribution < -0.4 is 9.64 Å². The molecular formula is C26H26N2O6. The number of methoxy groups -OCH3 is 1. The largest absolute Gasteiger partial charge is 0.497 e. The first-order chi connectivity index (χ1) is 16.5. The van der Waals surface area contributed by atoms with E-state index in [0.29, 0.717) is 17.9 Å². The molecule has 1 aromatic carbocycles. The zero-order chi connectivity index (χ0) is 23.3. The standard InChI is InChI=1S/C26H26N2O6/c1-33-16-6-4-15(5-7-16)27(23(29)21-14-9-17-18(10-14)34-26(32)22(17)21)11-28-24(30)19-12-2-3-13(8-12)20(19)25(28)31/h2-7,12-14,17-22H,8-11H2,1H3/t12-,13-,14+,17-,18+,19-,20+,21+,22-/m0/s1. The van der Waals surface area contributed by atoms with Gasteiger partial charge in [-0.1, -0.05) is 12.2 Å². The molecule has 0 N–H and O–H groups in total. The summed E-state index contributed by atoms with van der Waals surface area (Å²) in [6, 6.07) is 7.03. The van der Waals surface area contributed by atoms with E-state index >= 15 is 0 Å². The molecule has 7 rings (SSSR count). The molecule has 0 aromatic heterocycles. The van der Waals surface area contributed by atoms with Crippen LogP contribution in [0.3, 0.4) is 0 Å². The first kappa shape index (κ1) is 20.2. The Balaban J connectivity index is 1.22. The Labute approximate surface area is 196 Å². The Morgan fingerprint density at radius 2 is 1.68 bits per heavy atom. The summed E-state index contributed by atoms with van der Waals surface area (Å²) in [5.41, 5.74) is 0.579. The third-order valence-electron chi connectivity index (χ3n) is 9.26. The predicted molar refractivity (Wildman–Crippen MR) is 118 cm³/mol. The second-order valence-electron chi connectivity index (χ2n) is 10.6. The summed E-state index contributed by atoms with van der Waals surface area (Å²) in [5, 5.41) is 0. The molecule has 3 saturated carbocycles. The molecular weight excluding hydrogens is 436 g/mol. The van der Waals surface area contributed by atoms with E-state index in [1.54, 1.807) is 31.4 Å². The fourth-order valence-electron chi connectivity index (χ4n) is 7.81. The SMILES string of the molecule is COc1ccc(N(CN2C(=O)[C@@H]3[C@H](C2=O)[C@H]2C=C[C@H]3C2)C(=O)[C@@H]2[C@@H]3C[C@@H]4[C@@H]2C(=O)O[C@@H]4C3)cc1. The number of allylic oxidation sites excluding steroid dienone is 2. The summed E-state index contributed by atoms with van der Waals surface area (Å²) in [4.78, 5) is 56.1. The minimum Gasteiger partial charge on any atom is -0.497 e. The van der Waals surface area contributed by atoms with Crippen LogP contribution in [0.2, 0.25) is 0 Å². The van der Waals surface area contributed by atoms with E-state index in [9.17, 15) is 19.2 Å².